The lowest BCUT2D eigenvalue weighted by Crippen LogP contribution is -2.29. The Morgan fingerprint density at radius 1 is 1.24 bits per heavy atom. The molecule has 1 N–H and O–H groups in total. The Kier molecular flexibility index (Phi) is 7.36. The standard InChI is InChI=1S/C10H14O7/c1-15-6-5-7(10(14)16-2)17-9(13)4-3-8(11)12/h3-4,7H,5-6H2,1-2H3,(H,11,12)/b4-3+. The van der Waals surface area contributed by atoms with Gasteiger partial charge in [-0.3, -0.25) is 0 Å². The van der Waals surface area contributed by atoms with Crippen molar-refractivity contribution in [2.24, 2.45) is 0 Å². The van der Waals surface area contributed by atoms with Gasteiger partial charge in [-0.25, -0.2) is 14.4 Å². The van der Waals surface area contributed by atoms with Crippen LogP contribution < -0.4 is 0 Å². The molecule has 0 aliphatic carbocycles. The van der Waals surface area contributed by atoms with Crippen molar-refractivity contribution in [1.82, 2.24) is 0 Å². The molecule has 0 bridgehead atoms. The van der Waals surface area contributed by atoms with Crippen molar-refractivity contribution in [3.05, 3.63) is 12.2 Å². The number of hydrogen-bond acceptors (Lipinski definition) is 6. The van der Waals surface area contributed by atoms with Gasteiger partial charge in [-0.15, -0.1) is 0 Å². The lowest BCUT2D eigenvalue weighted by molar-refractivity contribution is -0.164. The summed E-state index contributed by atoms with van der Waals surface area (Å²) in [6.45, 7) is 0.204. The summed E-state index contributed by atoms with van der Waals surface area (Å²) in [6.07, 6.45) is 0.361. The molecule has 0 aromatic rings. The van der Waals surface area contributed by atoms with Gasteiger partial charge in [0, 0.05) is 25.7 Å². The molecule has 0 radical (unpaired) electrons. The van der Waals surface area contributed by atoms with Crippen LogP contribution in [0.4, 0.5) is 0 Å². The number of carboxylic acid groups (broad SMARTS) is 1. The third-order valence-electron chi connectivity index (χ3n) is 1.67. The van der Waals surface area contributed by atoms with Gasteiger partial charge in [-0.05, 0) is 0 Å². The van der Waals surface area contributed by atoms with Gasteiger partial charge in [-0.1, -0.05) is 0 Å². The molecule has 0 amide bonds. The number of carbonyl (C=O) groups excluding carboxylic acids is 2. The molecule has 0 aliphatic heterocycles. The third-order valence-corrected chi connectivity index (χ3v) is 1.67. The SMILES string of the molecule is COCCC(OC(=O)/C=C/C(=O)O)C(=O)OC. The van der Waals surface area contributed by atoms with Gasteiger partial charge in [0.2, 0.25) is 6.10 Å². The topological polar surface area (TPSA) is 99.1 Å². The lowest BCUT2D eigenvalue weighted by atomic mass is 10.2. The molecule has 0 aliphatic rings. The molecule has 0 rings (SSSR count). The van der Waals surface area contributed by atoms with Crippen molar-refractivity contribution in [2.45, 2.75) is 12.5 Å². The fourth-order valence-electron chi connectivity index (χ4n) is 0.900. The summed E-state index contributed by atoms with van der Waals surface area (Å²) in [7, 11) is 2.59. The zero-order chi connectivity index (χ0) is 13.3. The molecule has 0 aromatic heterocycles. The van der Waals surface area contributed by atoms with E-state index in [9.17, 15) is 14.4 Å². The first kappa shape index (κ1) is 15.1. The smallest absolute Gasteiger partial charge is 0.347 e. The van der Waals surface area contributed by atoms with Crippen molar-refractivity contribution in [3.63, 3.8) is 0 Å². The predicted molar refractivity (Wildman–Crippen MR) is 55.2 cm³/mol. The molecule has 0 heterocycles. The largest absolute Gasteiger partial charge is 0.478 e. The minimum atomic E-state index is -1.28. The molecule has 1 unspecified atom stereocenters. The van der Waals surface area contributed by atoms with E-state index in [1.807, 2.05) is 0 Å². The Hall–Kier alpha value is -1.89. The van der Waals surface area contributed by atoms with Gasteiger partial charge in [0.25, 0.3) is 0 Å². The van der Waals surface area contributed by atoms with Gasteiger partial charge in [0.15, 0.2) is 0 Å². The van der Waals surface area contributed by atoms with Crippen LogP contribution in [0.3, 0.4) is 0 Å². The Labute approximate surface area is 98.0 Å². The van der Waals surface area contributed by atoms with Crippen molar-refractivity contribution in [2.75, 3.05) is 20.8 Å². The number of carbonyl (C=O) groups is 3. The number of rotatable bonds is 7. The number of esters is 2. The first-order chi connectivity index (χ1) is 8.01. The fourth-order valence-corrected chi connectivity index (χ4v) is 0.900. The second-order valence-corrected chi connectivity index (χ2v) is 2.90. The number of aliphatic carboxylic acids is 1. The minimum absolute atomic E-state index is 0.135. The van der Waals surface area contributed by atoms with E-state index in [2.05, 4.69) is 4.74 Å². The highest BCUT2D eigenvalue weighted by atomic mass is 16.6. The monoisotopic (exact) mass is 246 g/mol. The Balaban J connectivity index is 4.36. The van der Waals surface area contributed by atoms with E-state index in [-0.39, 0.29) is 13.0 Å². The van der Waals surface area contributed by atoms with E-state index < -0.39 is 24.0 Å². The van der Waals surface area contributed by atoms with Crippen LogP contribution in [0.1, 0.15) is 6.42 Å². The average molecular weight is 246 g/mol. The predicted octanol–water partition coefficient (Wildman–Crippen LogP) is -0.252. The molecule has 0 saturated carbocycles. The van der Waals surface area contributed by atoms with Crippen molar-refractivity contribution in [1.29, 1.82) is 0 Å². The zero-order valence-corrected chi connectivity index (χ0v) is 9.54. The number of methoxy groups -OCH3 is 2. The summed E-state index contributed by atoms with van der Waals surface area (Å²) in [4.78, 5) is 32.5. The fraction of sp³-hybridized carbons (Fsp3) is 0.500. The maximum absolute atomic E-state index is 11.2. The molecular formula is C10H14O7. The molecule has 0 fully saturated rings. The highest BCUT2D eigenvalue weighted by Gasteiger charge is 2.22. The molecule has 7 heteroatoms. The van der Waals surface area contributed by atoms with Gasteiger partial charge in [0.1, 0.15) is 0 Å². The Morgan fingerprint density at radius 3 is 2.35 bits per heavy atom. The van der Waals surface area contributed by atoms with Gasteiger partial charge in [-0.2, -0.15) is 0 Å². The first-order valence-electron chi connectivity index (χ1n) is 4.69. The summed E-state index contributed by atoms with van der Waals surface area (Å²) >= 11 is 0. The molecule has 17 heavy (non-hydrogen) atoms. The van der Waals surface area contributed by atoms with Gasteiger partial charge in [0.05, 0.1) is 13.7 Å². The maximum atomic E-state index is 11.2. The van der Waals surface area contributed by atoms with Crippen LogP contribution in [0.5, 0.6) is 0 Å². The number of hydrogen-bond donors (Lipinski definition) is 1. The van der Waals surface area contributed by atoms with Gasteiger partial charge >= 0.3 is 17.9 Å². The zero-order valence-electron chi connectivity index (χ0n) is 9.54. The van der Waals surface area contributed by atoms with E-state index in [4.69, 9.17) is 14.6 Å². The summed E-state index contributed by atoms with van der Waals surface area (Å²) in [5.41, 5.74) is 0. The maximum Gasteiger partial charge on any atom is 0.347 e. The quantitative estimate of drug-likeness (QED) is 0.488. The molecule has 0 aromatic carbocycles. The van der Waals surface area contributed by atoms with E-state index in [1.165, 1.54) is 7.11 Å². The number of ether oxygens (including phenoxy) is 3. The summed E-state index contributed by atoms with van der Waals surface area (Å²) < 4.78 is 13.9. The van der Waals surface area contributed by atoms with Crippen LogP contribution in [0.2, 0.25) is 0 Å². The van der Waals surface area contributed by atoms with Crippen molar-refractivity contribution >= 4 is 17.9 Å². The van der Waals surface area contributed by atoms with Crippen LogP contribution in [-0.4, -0.2) is 49.9 Å². The van der Waals surface area contributed by atoms with E-state index in [0.29, 0.717) is 12.2 Å². The van der Waals surface area contributed by atoms with Crippen LogP contribution >= 0.6 is 0 Å². The molecule has 1 atom stereocenters. The second-order valence-electron chi connectivity index (χ2n) is 2.90. The van der Waals surface area contributed by atoms with Crippen LogP contribution in [0, 0.1) is 0 Å². The molecule has 0 spiro atoms. The highest BCUT2D eigenvalue weighted by Crippen LogP contribution is 2.03. The van der Waals surface area contributed by atoms with Gasteiger partial charge < -0.3 is 19.3 Å². The third kappa shape index (κ3) is 7.07. The Bertz CT molecular complexity index is 308. The van der Waals surface area contributed by atoms with Crippen molar-refractivity contribution in [3.8, 4) is 0 Å². The molecule has 7 nitrogen and oxygen atoms in total. The molecular weight excluding hydrogens is 232 g/mol. The number of carboxylic acids is 1. The molecule has 0 saturated heterocycles. The van der Waals surface area contributed by atoms with Crippen LogP contribution in [0.15, 0.2) is 12.2 Å². The summed E-state index contributed by atoms with van der Waals surface area (Å²) in [5.74, 6) is -2.94. The highest BCUT2D eigenvalue weighted by molar-refractivity contribution is 5.92. The normalized spacial score (nSPS) is 12.1. The summed E-state index contributed by atoms with van der Waals surface area (Å²) in [5, 5.41) is 8.29. The van der Waals surface area contributed by atoms with Crippen LogP contribution in [0.25, 0.3) is 0 Å². The van der Waals surface area contributed by atoms with E-state index in [0.717, 1.165) is 7.11 Å². The average Bonchev–Trinajstić information content (AvgIpc) is 2.30. The Morgan fingerprint density at radius 2 is 1.88 bits per heavy atom. The van der Waals surface area contributed by atoms with Crippen LogP contribution in [-0.2, 0) is 28.6 Å². The van der Waals surface area contributed by atoms with Crippen molar-refractivity contribution < 1.29 is 33.7 Å². The second kappa shape index (κ2) is 8.28. The minimum Gasteiger partial charge on any atom is -0.478 e. The lowest BCUT2D eigenvalue weighted by Gasteiger charge is -2.13. The summed E-state index contributed by atoms with van der Waals surface area (Å²) in [6, 6.07) is 0. The first-order valence-corrected chi connectivity index (χ1v) is 4.69. The molecule has 96 valence electrons. The van der Waals surface area contributed by atoms with E-state index in [1.54, 1.807) is 0 Å². The van der Waals surface area contributed by atoms with E-state index >= 15 is 0 Å².